The van der Waals surface area contributed by atoms with Gasteiger partial charge in [-0.05, 0) is 84.6 Å². The predicted molar refractivity (Wildman–Crippen MR) is 199 cm³/mol. The van der Waals surface area contributed by atoms with E-state index < -0.39 is 11.8 Å². The number of aryl methyl sites for hydroxylation is 2. The molecule has 0 saturated heterocycles. The third-order valence-electron chi connectivity index (χ3n) is 8.35. The zero-order valence-electron chi connectivity index (χ0n) is 27.0. The lowest BCUT2D eigenvalue weighted by Crippen LogP contribution is -2.30. The molecule has 0 radical (unpaired) electrons. The Morgan fingerprint density at radius 3 is 1.94 bits per heavy atom. The summed E-state index contributed by atoms with van der Waals surface area (Å²) in [4.78, 5) is 43.1. The Balaban J connectivity index is 1.05. The molecule has 0 aliphatic carbocycles. The Bertz CT molecular complexity index is 2130. The van der Waals surface area contributed by atoms with Crippen molar-refractivity contribution in [1.82, 2.24) is 5.32 Å². The second-order valence-electron chi connectivity index (χ2n) is 11.7. The molecule has 0 unspecified atom stereocenters. The van der Waals surface area contributed by atoms with Crippen molar-refractivity contribution in [3.05, 3.63) is 174 Å². The molecule has 1 aromatic heterocycles. The maximum Gasteiger partial charge on any atom is 0.272 e. The van der Waals surface area contributed by atoms with Crippen LogP contribution in [0.25, 0.3) is 17.4 Å². The number of hydrogen-bond donors (Lipinski definition) is 2. The SMILES string of the molecule is O=C(Nc1ccc(SCC(=O)N2c3ccccc3CCc3ccccc32)cc1)C(=Cc1ccc(-c2ccccc2)o1)NC(=O)c1ccccc1. The molecular weight excluding hydrogens is 643 g/mol. The van der Waals surface area contributed by atoms with Crippen molar-refractivity contribution in [1.29, 1.82) is 0 Å². The first kappa shape index (κ1) is 32.4. The first-order valence-electron chi connectivity index (χ1n) is 16.3. The van der Waals surface area contributed by atoms with E-state index in [1.807, 2.05) is 95.9 Å². The van der Waals surface area contributed by atoms with Crippen LogP contribution in [0.1, 0.15) is 27.2 Å². The zero-order chi connectivity index (χ0) is 34.3. The summed E-state index contributed by atoms with van der Waals surface area (Å²) >= 11 is 1.44. The van der Waals surface area contributed by atoms with Crippen LogP contribution in [0.3, 0.4) is 0 Å². The first-order chi connectivity index (χ1) is 24.5. The third kappa shape index (κ3) is 7.46. The first-order valence-corrected chi connectivity index (χ1v) is 17.3. The van der Waals surface area contributed by atoms with Crippen LogP contribution in [-0.4, -0.2) is 23.5 Å². The number of rotatable bonds is 9. The van der Waals surface area contributed by atoms with Crippen molar-refractivity contribution in [2.24, 2.45) is 0 Å². The van der Waals surface area contributed by atoms with E-state index >= 15 is 0 Å². The molecule has 3 amide bonds. The van der Waals surface area contributed by atoms with Crippen molar-refractivity contribution in [2.45, 2.75) is 17.7 Å². The highest BCUT2D eigenvalue weighted by Crippen LogP contribution is 2.37. The molecule has 2 heterocycles. The minimum atomic E-state index is -0.513. The lowest BCUT2D eigenvalue weighted by atomic mass is 10.0. The largest absolute Gasteiger partial charge is 0.457 e. The number of amides is 3. The van der Waals surface area contributed by atoms with Gasteiger partial charge in [0.2, 0.25) is 5.91 Å². The van der Waals surface area contributed by atoms with Crippen molar-refractivity contribution in [3.63, 3.8) is 0 Å². The molecular formula is C42H33N3O4S. The van der Waals surface area contributed by atoms with Crippen LogP contribution in [0, 0.1) is 0 Å². The lowest BCUT2D eigenvalue weighted by molar-refractivity contribution is -0.115. The number of nitrogens with zero attached hydrogens (tertiary/aromatic N) is 1. The average molecular weight is 676 g/mol. The fourth-order valence-electron chi connectivity index (χ4n) is 5.86. The second-order valence-corrected chi connectivity index (χ2v) is 12.7. The number of thioether (sulfide) groups is 1. The Hall–Kier alpha value is -6.12. The van der Waals surface area contributed by atoms with E-state index in [0.717, 1.165) is 45.8 Å². The van der Waals surface area contributed by atoms with E-state index in [4.69, 9.17) is 4.42 Å². The highest BCUT2D eigenvalue weighted by Gasteiger charge is 2.25. The number of carbonyl (C=O) groups is 3. The summed E-state index contributed by atoms with van der Waals surface area (Å²) < 4.78 is 6.00. The Labute approximate surface area is 294 Å². The summed E-state index contributed by atoms with van der Waals surface area (Å²) in [5.74, 6) is 0.344. The average Bonchev–Trinajstić information content (AvgIpc) is 3.56. The summed E-state index contributed by atoms with van der Waals surface area (Å²) in [7, 11) is 0. The Morgan fingerprint density at radius 2 is 1.28 bits per heavy atom. The molecule has 0 fully saturated rings. The lowest BCUT2D eigenvalue weighted by Gasteiger charge is -2.25. The number of anilines is 3. The molecule has 7 rings (SSSR count). The van der Waals surface area contributed by atoms with Crippen LogP contribution >= 0.6 is 11.8 Å². The van der Waals surface area contributed by atoms with Crippen LogP contribution in [0.4, 0.5) is 17.1 Å². The normalized spacial score (nSPS) is 12.3. The molecule has 0 bridgehead atoms. The van der Waals surface area contributed by atoms with Crippen molar-refractivity contribution >= 4 is 52.6 Å². The van der Waals surface area contributed by atoms with E-state index in [2.05, 4.69) is 22.8 Å². The number of fused-ring (bicyclic) bond motifs is 2. The van der Waals surface area contributed by atoms with Gasteiger partial charge in [-0.1, -0.05) is 84.9 Å². The molecule has 7 nitrogen and oxygen atoms in total. The number of carbonyl (C=O) groups excluding carboxylic acids is 3. The molecule has 50 heavy (non-hydrogen) atoms. The van der Waals surface area contributed by atoms with Gasteiger partial charge in [0.15, 0.2) is 0 Å². The fraction of sp³-hybridized carbons (Fsp3) is 0.0714. The van der Waals surface area contributed by atoms with Crippen LogP contribution in [0.2, 0.25) is 0 Å². The quantitative estimate of drug-likeness (QED) is 0.118. The summed E-state index contributed by atoms with van der Waals surface area (Å²) in [6.07, 6.45) is 3.26. The van der Waals surface area contributed by atoms with E-state index in [1.165, 1.54) is 17.8 Å². The summed E-state index contributed by atoms with van der Waals surface area (Å²) in [5, 5.41) is 5.63. The number of hydrogen-bond acceptors (Lipinski definition) is 5. The fourth-order valence-corrected chi connectivity index (χ4v) is 6.61. The highest BCUT2D eigenvalue weighted by atomic mass is 32.2. The van der Waals surface area contributed by atoms with Gasteiger partial charge in [-0.15, -0.1) is 11.8 Å². The van der Waals surface area contributed by atoms with Gasteiger partial charge in [-0.25, -0.2) is 0 Å². The predicted octanol–water partition coefficient (Wildman–Crippen LogP) is 8.91. The standard InChI is InChI=1S/C42H33N3O4S/c46-40(45-37-17-9-7-11-29(37)19-20-30-12-8-10-18-38(30)45)28-50-35-24-21-33(22-25-35)43-42(48)36(44-41(47)32-15-5-2-6-16-32)27-34-23-26-39(49-34)31-13-3-1-4-14-31/h1-18,21-27H,19-20,28H2,(H,43,48)(H,44,47). The van der Waals surface area contributed by atoms with Gasteiger partial charge in [0.25, 0.3) is 11.8 Å². The van der Waals surface area contributed by atoms with Gasteiger partial charge < -0.3 is 15.1 Å². The van der Waals surface area contributed by atoms with Gasteiger partial charge in [0, 0.05) is 27.8 Å². The molecule has 8 heteroatoms. The Kier molecular flexibility index (Phi) is 9.71. The van der Waals surface area contributed by atoms with Gasteiger partial charge in [-0.2, -0.15) is 0 Å². The minimum absolute atomic E-state index is 0.00790. The van der Waals surface area contributed by atoms with Crippen molar-refractivity contribution in [3.8, 4) is 11.3 Å². The Morgan fingerprint density at radius 1 is 0.680 bits per heavy atom. The van der Waals surface area contributed by atoms with Crippen molar-refractivity contribution in [2.75, 3.05) is 16.0 Å². The second kappa shape index (κ2) is 15.0. The van der Waals surface area contributed by atoms with Crippen LogP contribution < -0.4 is 15.5 Å². The van der Waals surface area contributed by atoms with Crippen molar-refractivity contribution < 1.29 is 18.8 Å². The topological polar surface area (TPSA) is 91.7 Å². The van der Waals surface area contributed by atoms with Gasteiger partial charge in [0.05, 0.1) is 17.1 Å². The molecule has 5 aromatic carbocycles. The van der Waals surface area contributed by atoms with Crippen LogP contribution in [0.5, 0.6) is 0 Å². The van der Waals surface area contributed by atoms with Gasteiger partial charge >= 0.3 is 0 Å². The minimum Gasteiger partial charge on any atom is -0.457 e. The zero-order valence-corrected chi connectivity index (χ0v) is 27.9. The summed E-state index contributed by atoms with van der Waals surface area (Å²) in [6.45, 7) is 0. The van der Waals surface area contributed by atoms with E-state index in [1.54, 1.807) is 42.5 Å². The smallest absolute Gasteiger partial charge is 0.272 e. The molecule has 0 spiro atoms. The third-order valence-corrected chi connectivity index (χ3v) is 9.35. The van der Waals surface area contributed by atoms with Crippen LogP contribution in [-0.2, 0) is 22.4 Å². The number of furan rings is 1. The molecule has 6 aromatic rings. The molecule has 2 N–H and O–H groups in total. The maximum absolute atomic E-state index is 13.8. The highest BCUT2D eigenvalue weighted by molar-refractivity contribution is 8.00. The number of nitrogens with one attached hydrogen (secondary N) is 2. The summed E-state index contributed by atoms with van der Waals surface area (Å²) in [5.41, 5.74) is 6.02. The van der Waals surface area contributed by atoms with E-state index in [-0.39, 0.29) is 17.4 Å². The summed E-state index contributed by atoms with van der Waals surface area (Å²) in [6, 6.07) is 45.3. The monoisotopic (exact) mass is 675 g/mol. The van der Waals surface area contributed by atoms with Crippen LogP contribution in [0.15, 0.2) is 161 Å². The molecule has 1 aliphatic heterocycles. The number of para-hydroxylation sites is 2. The van der Waals surface area contributed by atoms with Gasteiger partial charge in [-0.3, -0.25) is 19.3 Å². The maximum atomic E-state index is 13.8. The molecule has 246 valence electrons. The van der Waals surface area contributed by atoms with E-state index in [0.29, 0.717) is 22.8 Å². The molecule has 1 aliphatic rings. The molecule has 0 atom stereocenters. The number of benzene rings is 5. The van der Waals surface area contributed by atoms with Gasteiger partial charge in [0.1, 0.15) is 17.2 Å². The van der Waals surface area contributed by atoms with E-state index in [9.17, 15) is 14.4 Å². The molecule has 0 saturated carbocycles.